The van der Waals surface area contributed by atoms with Gasteiger partial charge in [0, 0.05) is 19.0 Å². The van der Waals surface area contributed by atoms with Gasteiger partial charge in [-0.2, -0.15) is 13.5 Å². The monoisotopic (exact) mass is 320 g/mol. The van der Waals surface area contributed by atoms with Crippen LogP contribution in [0.25, 0.3) is 0 Å². The molecule has 0 unspecified atom stereocenters. The zero-order valence-corrected chi connectivity index (χ0v) is 12.1. The Hall–Kier alpha value is -1.30. The zero-order chi connectivity index (χ0) is 14.5. The minimum Gasteiger partial charge on any atom is -0.321 e. The number of piperidine rings is 1. The van der Waals surface area contributed by atoms with Crippen molar-refractivity contribution in [1.29, 1.82) is 0 Å². The van der Waals surface area contributed by atoms with E-state index in [2.05, 4.69) is 14.5 Å². The van der Waals surface area contributed by atoms with Crippen molar-refractivity contribution in [3.63, 3.8) is 0 Å². The van der Waals surface area contributed by atoms with E-state index in [1.54, 1.807) is 0 Å². The van der Waals surface area contributed by atoms with Crippen molar-refractivity contribution >= 4 is 27.8 Å². The Kier molecular flexibility index (Phi) is 3.16. The Balaban J connectivity index is 1.90. The van der Waals surface area contributed by atoms with Crippen molar-refractivity contribution < 1.29 is 22.0 Å². The Morgan fingerprint density at radius 2 is 2.20 bits per heavy atom. The zero-order valence-electron chi connectivity index (χ0n) is 10.5. The SMILES string of the molecule is Cc1nnc([C@@H]2CCN3C[C@@H]2N(OS(=O)(=O)O)C3=O)s1. The van der Waals surface area contributed by atoms with Crippen molar-refractivity contribution in [3.8, 4) is 0 Å². The topological polar surface area (TPSA) is 113 Å². The van der Waals surface area contributed by atoms with Crippen LogP contribution in [-0.2, 0) is 14.7 Å². The van der Waals surface area contributed by atoms with Crippen LogP contribution in [0.3, 0.4) is 0 Å². The summed E-state index contributed by atoms with van der Waals surface area (Å²) in [4.78, 5) is 13.5. The van der Waals surface area contributed by atoms with Crippen LogP contribution >= 0.6 is 11.3 Å². The van der Waals surface area contributed by atoms with Gasteiger partial charge in [0.05, 0.1) is 6.04 Å². The van der Waals surface area contributed by atoms with Gasteiger partial charge in [-0.1, -0.05) is 0 Å². The van der Waals surface area contributed by atoms with Gasteiger partial charge >= 0.3 is 16.4 Å². The summed E-state index contributed by atoms with van der Waals surface area (Å²) in [5.41, 5.74) is 0. The average Bonchev–Trinajstić information content (AvgIpc) is 2.88. The van der Waals surface area contributed by atoms with E-state index in [0.29, 0.717) is 19.5 Å². The summed E-state index contributed by atoms with van der Waals surface area (Å²) in [6, 6.07) is -1.05. The number of aromatic nitrogens is 2. The van der Waals surface area contributed by atoms with Gasteiger partial charge in [-0.15, -0.1) is 25.8 Å². The Morgan fingerprint density at radius 3 is 2.80 bits per heavy atom. The van der Waals surface area contributed by atoms with Gasteiger partial charge in [-0.25, -0.2) is 4.79 Å². The van der Waals surface area contributed by atoms with Crippen LogP contribution in [0.5, 0.6) is 0 Å². The lowest BCUT2D eigenvalue weighted by Crippen LogP contribution is -2.39. The van der Waals surface area contributed by atoms with Gasteiger partial charge in [0.1, 0.15) is 10.0 Å². The van der Waals surface area contributed by atoms with Crippen LogP contribution in [0.4, 0.5) is 4.79 Å². The van der Waals surface area contributed by atoms with Gasteiger partial charge in [-0.3, -0.25) is 4.55 Å². The van der Waals surface area contributed by atoms with E-state index in [9.17, 15) is 13.2 Å². The summed E-state index contributed by atoms with van der Waals surface area (Å²) in [5, 5.41) is 10.3. The molecule has 2 aliphatic heterocycles. The quantitative estimate of drug-likeness (QED) is 0.790. The smallest absolute Gasteiger partial charge is 0.321 e. The lowest BCUT2D eigenvalue weighted by Gasteiger charge is -2.28. The molecule has 2 fully saturated rings. The second-order valence-electron chi connectivity index (χ2n) is 4.68. The Morgan fingerprint density at radius 1 is 1.45 bits per heavy atom. The molecule has 2 aliphatic rings. The summed E-state index contributed by atoms with van der Waals surface area (Å²) >= 11 is 1.41. The predicted octanol–water partition coefficient (Wildman–Crippen LogP) is 0.174. The fourth-order valence-electron chi connectivity index (χ4n) is 2.56. The van der Waals surface area contributed by atoms with Crippen LogP contribution in [-0.4, -0.2) is 58.3 Å². The maximum absolute atomic E-state index is 12.0. The maximum Gasteiger partial charge on any atom is 0.418 e. The first-order valence-corrected chi connectivity index (χ1v) is 8.08. The third-order valence-corrected chi connectivity index (χ3v) is 4.70. The van der Waals surface area contributed by atoms with E-state index in [0.717, 1.165) is 15.1 Å². The van der Waals surface area contributed by atoms with Crippen molar-refractivity contribution in [2.24, 2.45) is 0 Å². The highest BCUT2D eigenvalue weighted by atomic mass is 32.3. The van der Waals surface area contributed by atoms with Crippen molar-refractivity contribution in [2.75, 3.05) is 13.1 Å². The molecule has 9 nitrogen and oxygen atoms in total. The molecular formula is C9H12N4O5S2. The number of aryl methyl sites for hydroxylation is 1. The number of hydrogen-bond acceptors (Lipinski definition) is 7. The van der Waals surface area contributed by atoms with Crippen LogP contribution in [0.2, 0.25) is 0 Å². The number of fused-ring (bicyclic) bond motifs is 2. The number of rotatable bonds is 3. The molecule has 2 saturated heterocycles. The standard InChI is InChI=1S/C9H12N4O5S2/c1-5-10-11-8(19-5)6-2-3-12-4-7(6)13(9(12)14)18-20(15,16)17/h6-7H,2-4H2,1H3,(H,15,16,17)/t6-,7+/m1/s1. The molecule has 20 heavy (non-hydrogen) atoms. The summed E-state index contributed by atoms with van der Waals surface area (Å²) in [6.45, 7) is 2.66. The minimum atomic E-state index is -4.73. The Labute approximate surface area is 119 Å². The number of urea groups is 1. The van der Waals surface area contributed by atoms with Crippen LogP contribution in [0, 0.1) is 6.92 Å². The number of carbonyl (C=O) groups is 1. The highest BCUT2D eigenvalue weighted by Gasteiger charge is 2.49. The summed E-state index contributed by atoms with van der Waals surface area (Å²) < 4.78 is 34.9. The molecule has 3 heterocycles. The molecule has 11 heteroatoms. The van der Waals surface area contributed by atoms with Gasteiger partial charge in [0.15, 0.2) is 0 Å². The maximum atomic E-state index is 12.0. The van der Waals surface area contributed by atoms with Gasteiger partial charge < -0.3 is 4.90 Å². The summed E-state index contributed by atoms with van der Waals surface area (Å²) in [7, 11) is -4.73. The molecule has 2 bridgehead atoms. The molecule has 2 atom stereocenters. The first-order chi connectivity index (χ1) is 9.35. The minimum absolute atomic E-state index is 0.148. The van der Waals surface area contributed by atoms with Gasteiger partial charge in [-0.05, 0) is 13.3 Å². The number of amides is 2. The fraction of sp³-hybridized carbons (Fsp3) is 0.667. The normalized spacial score (nSPS) is 26.4. The van der Waals surface area contributed by atoms with Crippen LogP contribution < -0.4 is 0 Å². The summed E-state index contributed by atoms with van der Waals surface area (Å²) in [6.07, 6.45) is 0.649. The van der Waals surface area contributed by atoms with Crippen LogP contribution in [0.15, 0.2) is 0 Å². The lowest BCUT2D eigenvalue weighted by atomic mass is 9.94. The first kappa shape index (κ1) is 13.7. The molecule has 1 N–H and O–H groups in total. The molecule has 0 aromatic carbocycles. The number of nitrogens with zero attached hydrogens (tertiary/aromatic N) is 4. The lowest BCUT2D eigenvalue weighted by molar-refractivity contribution is -0.0371. The molecule has 0 radical (unpaired) electrons. The van der Waals surface area contributed by atoms with E-state index < -0.39 is 22.5 Å². The Bertz CT molecular complexity index is 645. The molecule has 110 valence electrons. The van der Waals surface area contributed by atoms with Crippen molar-refractivity contribution in [2.45, 2.75) is 25.3 Å². The number of carbonyl (C=O) groups excluding carboxylic acids is 1. The molecule has 0 saturated carbocycles. The van der Waals surface area contributed by atoms with E-state index >= 15 is 0 Å². The molecular weight excluding hydrogens is 308 g/mol. The predicted molar refractivity (Wildman–Crippen MR) is 67.2 cm³/mol. The fourth-order valence-corrected chi connectivity index (χ4v) is 3.83. The first-order valence-electron chi connectivity index (χ1n) is 5.90. The second kappa shape index (κ2) is 4.62. The van der Waals surface area contributed by atoms with Crippen LogP contribution in [0.1, 0.15) is 22.4 Å². The van der Waals surface area contributed by atoms with Gasteiger partial charge in [0.2, 0.25) is 0 Å². The summed E-state index contributed by atoms with van der Waals surface area (Å²) in [5.74, 6) is -0.148. The molecule has 1 aromatic heterocycles. The van der Waals surface area contributed by atoms with E-state index in [1.165, 1.54) is 16.2 Å². The average molecular weight is 320 g/mol. The highest BCUT2D eigenvalue weighted by Crippen LogP contribution is 2.38. The van der Waals surface area contributed by atoms with E-state index in [-0.39, 0.29) is 5.92 Å². The van der Waals surface area contributed by atoms with E-state index in [4.69, 9.17) is 4.55 Å². The molecule has 0 aliphatic carbocycles. The number of hydrogen-bond donors (Lipinski definition) is 1. The molecule has 3 rings (SSSR count). The largest absolute Gasteiger partial charge is 0.418 e. The van der Waals surface area contributed by atoms with E-state index in [1.807, 2.05) is 6.92 Å². The molecule has 0 spiro atoms. The molecule has 2 amide bonds. The van der Waals surface area contributed by atoms with Crippen molar-refractivity contribution in [3.05, 3.63) is 10.0 Å². The highest BCUT2D eigenvalue weighted by molar-refractivity contribution is 7.80. The van der Waals surface area contributed by atoms with Gasteiger partial charge in [0.25, 0.3) is 0 Å². The molecule has 1 aromatic rings. The number of hydroxylamine groups is 2. The third kappa shape index (κ3) is 2.37. The van der Waals surface area contributed by atoms with Crippen molar-refractivity contribution in [1.82, 2.24) is 20.2 Å². The third-order valence-electron chi connectivity index (χ3n) is 3.38. The second-order valence-corrected chi connectivity index (χ2v) is 6.90.